The second kappa shape index (κ2) is 7.33. The molecule has 0 amide bonds. The molecule has 0 saturated heterocycles. The number of fused-ring (bicyclic) bond motifs is 1. The number of Topliss-reactive ketones (excluding diaryl/α,β-unsaturated/α-hetero) is 1. The summed E-state index contributed by atoms with van der Waals surface area (Å²) in [4.78, 5) is 29.2. The summed E-state index contributed by atoms with van der Waals surface area (Å²) in [5.41, 5.74) is 2.53. The van der Waals surface area contributed by atoms with Crippen LogP contribution in [0.4, 0.5) is 0 Å². The van der Waals surface area contributed by atoms with Crippen LogP contribution < -0.4 is 5.69 Å². The lowest BCUT2D eigenvalue weighted by Crippen LogP contribution is -2.27. The van der Waals surface area contributed by atoms with Gasteiger partial charge in [0.2, 0.25) is 0 Å². The Morgan fingerprint density at radius 1 is 1.15 bits per heavy atom. The number of hydrogen-bond acceptors (Lipinski definition) is 5. The van der Waals surface area contributed by atoms with Crippen LogP contribution in [-0.2, 0) is 19.4 Å². The van der Waals surface area contributed by atoms with Gasteiger partial charge in [0.25, 0.3) is 0 Å². The van der Waals surface area contributed by atoms with Gasteiger partial charge in [-0.15, -0.1) is 0 Å². The van der Waals surface area contributed by atoms with Crippen molar-refractivity contribution in [1.82, 2.24) is 9.55 Å². The summed E-state index contributed by atoms with van der Waals surface area (Å²) >= 11 is 1.36. The topological polar surface area (TPSA) is 65.1 Å². The van der Waals surface area contributed by atoms with E-state index >= 15 is 0 Å². The molecule has 0 saturated carbocycles. The minimum atomic E-state index is -0.281. The van der Waals surface area contributed by atoms with Gasteiger partial charge in [0, 0.05) is 16.8 Å². The number of hydrogen-bond donors (Lipinski definition) is 0. The quantitative estimate of drug-likeness (QED) is 0.380. The monoisotopic (exact) mass is 366 g/mol. The average molecular weight is 366 g/mol. The molecular weight excluding hydrogens is 348 g/mol. The largest absolute Gasteiger partial charge is 0.467 e. The van der Waals surface area contributed by atoms with Crippen molar-refractivity contribution in [3.8, 4) is 0 Å². The Labute approximate surface area is 155 Å². The maximum Gasteiger partial charge on any atom is 0.349 e. The Morgan fingerprint density at radius 2 is 2.00 bits per heavy atom. The van der Waals surface area contributed by atoms with Gasteiger partial charge >= 0.3 is 5.69 Å². The van der Waals surface area contributed by atoms with Crippen LogP contribution in [0.25, 0.3) is 0 Å². The van der Waals surface area contributed by atoms with Gasteiger partial charge in [-0.3, -0.25) is 9.36 Å². The number of ketones is 1. The molecular formula is C20H18N2O3S. The summed E-state index contributed by atoms with van der Waals surface area (Å²) < 4.78 is 7.07. The van der Waals surface area contributed by atoms with E-state index in [-0.39, 0.29) is 17.2 Å². The summed E-state index contributed by atoms with van der Waals surface area (Å²) in [6.45, 7) is 0.398. The second-order valence-electron chi connectivity index (χ2n) is 6.22. The Balaban J connectivity index is 1.58. The highest BCUT2D eigenvalue weighted by Crippen LogP contribution is 2.29. The van der Waals surface area contributed by atoms with E-state index < -0.39 is 0 Å². The standard InChI is InChI=1S/C20H18N2O3S/c23-18(14-6-2-1-3-7-14)13-26-19-16-9-4-10-17(16)22(20(24)21-19)12-15-8-5-11-25-15/h1-3,5-8,11H,4,9-10,12-13H2. The zero-order valence-corrected chi connectivity index (χ0v) is 15.0. The molecule has 0 aliphatic heterocycles. The van der Waals surface area contributed by atoms with Crippen LogP contribution in [0.5, 0.6) is 0 Å². The number of carbonyl (C=O) groups is 1. The highest BCUT2D eigenvalue weighted by Gasteiger charge is 2.23. The van der Waals surface area contributed by atoms with E-state index in [1.165, 1.54) is 11.8 Å². The van der Waals surface area contributed by atoms with Crippen molar-refractivity contribution < 1.29 is 9.21 Å². The van der Waals surface area contributed by atoms with Crippen LogP contribution >= 0.6 is 11.8 Å². The Kier molecular flexibility index (Phi) is 4.75. The summed E-state index contributed by atoms with van der Waals surface area (Å²) in [5, 5.41) is 0.697. The maximum atomic E-state index is 12.6. The van der Waals surface area contributed by atoms with Crippen molar-refractivity contribution in [3.05, 3.63) is 81.8 Å². The Morgan fingerprint density at radius 3 is 2.77 bits per heavy atom. The fourth-order valence-electron chi connectivity index (χ4n) is 3.27. The summed E-state index contributed by atoms with van der Waals surface area (Å²) in [7, 11) is 0. The second-order valence-corrected chi connectivity index (χ2v) is 7.19. The number of carbonyl (C=O) groups excluding carboxylic acids is 1. The molecule has 1 aliphatic rings. The first-order valence-electron chi connectivity index (χ1n) is 8.58. The molecule has 0 atom stereocenters. The Hall–Kier alpha value is -2.60. The van der Waals surface area contributed by atoms with Crippen LogP contribution in [0.3, 0.4) is 0 Å². The minimum Gasteiger partial charge on any atom is -0.467 e. The predicted octanol–water partition coefficient (Wildman–Crippen LogP) is 3.35. The van der Waals surface area contributed by atoms with Crippen LogP contribution in [0, 0.1) is 0 Å². The first-order chi connectivity index (χ1) is 12.7. The van der Waals surface area contributed by atoms with Crippen LogP contribution in [0.2, 0.25) is 0 Å². The molecule has 0 fully saturated rings. The molecule has 26 heavy (non-hydrogen) atoms. The van der Waals surface area contributed by atoms with Crippen molar-refractivity contribution in [3.63, 3.8) is 0 Å². The van der Waals surface area contributed by atoms with Gasteiger partial charge in [0.1, 0.15) is 10.8 Å². The van der Waals surface area contributed by atoms with Gasteiger partial charge in [-0.05, 0) is 31.4 Å². The average Bonchev–Trinajstić information content (AvgIpc) is 3.34. The summed E-state index contributed by atoms with van der Waals surface area (Å²) in [6.07, 6.45) is 4.35. The maximum absolute atomic E-state index is 12.6. The zero-order chi connectivity index (χ0) is 17.9. The van der Waals surface area contributed by atoms with E-state index in [9.17, 15) is 9.59 Å². The SMILES string of the molecule is O=C(CSc1nc(=O)n(Cc2ccco2)c2c1CCC2)c1ccccc1. The highest BCUT2D eigenvalue weighted by atomic mass is 32.2. The molecule has 0 radical (unpaired) electrons. The van der Waals surface area contributed by atoms with Crippen molar-refractivity contribution in [1.29, 1.82) is 0 Å². The molecule has 1 aromatic carbocycles. The van der Waals surface area contributed by atoms with Crippen LogP contribution in [0.1, 0.15) is 33.8 Å². The minimum absolute atomic E-state index is 0.0453. The molecule has 6 heteroatoms. The summed E-state index contributed by atoms with van der Waals surface area (Å²) in [5.74, 6) is 1.07. The zero-order valence-electron chi connectivity index (χ0n) is 14.2. The molecule has 4 rings (SSSR count). The van der Waals surface area contributed by atoms with Gasteiger partial charge < -0.3 is 4.42 Å². The van der Waals surface area contributed by atoms with E-state index in [0.717, 1.165) is 36.3 Å². The fourth-order valence-corrected chi connectivity index (χ4v) is 4.24. The number of furan rings is 1. The van der Waals surface area contributed by atoms with E-state index in [2.05, 4.69) is 4.98 Å². The van der Waals surface area contributed by atoms with E-state index in [1.807, 2.05) is 42.5 Å². The van der Waals surface area contributed by atoms with Gasteiger partial charge in [-0.25, -0.2) is 4.79 Å². The number of aromatic nitrogens is 2. The van der Waals surface area contributed by atoms with Gasteiger partial charge in [0.15, 0.2) is 5.78 Å². The smallest absolute Gasteiger partial charge is 0.349 e. The lowest BCUT2D eigenvalue weighted by atomic mass is 10.2. The van der Waals surface area contributed by atoms with Crippen molar-refractivity contribution in [2.45, 2.75) is 30.8 Å². The molecule has 5 nitrogen and oxygen atoms in total. The molecule has 0 unspecified atom stereocenters. The number of nitrogens with zero attached hydrogens (tertiary/aromatic N) is 2. The molecule has 0 bridgehead atoms. The molecule has 1 aliphatic carbocycles. The molecule has 0 spiro atoms. The molecule has 132 valence electrons. The first kappa shape index (κ1) is 16.8. The number of rotatable bonds is 6. The molecule has 0 N–H and O–H groups in total. The lowest BCUT2D eigenvalue weighted by molar-refractivity contribution is 0.102. The Bertz CT molecular complexity index is 978. The van der Waals surface area contributed by atoms with Gasteiger partial charge in [-0.2, -0.15) is 4.98 Å². The van der Waals surface area contributed by atoms with E-state index in [4.69, 9.17) is 4.42 Å². The molecule has 2 aromatic heterocycles. The van der Waals surface area contributed by atoms with Crippen LogP contribution in [0.15, 0.2) is 63.0 Å². The van der Waals surface area contributed by atoms with Gasteiger partial charge in [-0.1, -0.05) is 42.1 Å². The lowest BCUT2D eigenvalue weighted by Gasteiger charge is -2.13. The fraction of sp³-hybridized carbons (Fsp3) is 0.250. The normalized spacial score (nSPS) is 12.9. The highest BCUT2D eigenvalue weighted by molar-refractivity contribution is 8.00. The third-order valence-corrected chi connectivity index (χ3v) is 5.55. The first-order valence-corrected chi connectivity index (χ1v) is 9.57. The van der Waals surface area contributed by atoms with Gasteiger partial charge in [0.05, 0.1) is 18.6 Å². The number of thioether (sulfide) groups is 1. The van der Waals surface area contributed by atoms with Crippen LogP contribution in [-0.4, -0.2) is 21.1 Å². The van der Waals surface area contributed by atoms with E-state index in [1.54, 1.807) is 10.8 Å². The predicted molar refractivity (Wildman–Crippen MR) is 99.8 cm³/mol. The van der Waals surface area contributed by atoms with Crippen molar-refractivity contribution in [2.24, 2.45) is 0 Å². The van der Waals surface area contributed by atoms with E-state index in [0.29, 0.717) is 17.1 Å². The van der Waals surface area contributed by atoms with Crippen molar-refractivity contribution >= 4 is 17.5 Å². The number of benzene rings is 1. The van der Waals surface area contributed by atoms with Crippen molar-refractivity contribution in [2.75, 3.05) is 5.75 Å². The molecule has 2 heterocycles. The summed E-state index contributed by atoms with van der Waals surface area (Å²) in [6, 6.07) is 12.9. The molecule has 3 aromatic rings. The third kappa shape index (κ3) is 3.37. The third-order valence-electron chi connectivity index (χ3n) is 4.53.